The van der Waals surface area contributed by atoms with Crippen LogP contribution in [0.25, 0.3) is 5.69 Å². The molecule has 1 fully saturated rings. The molecule has 4 rings (SSSR count). The molecule has 2 heterocycles. The summed E-state index contributed by atoms with van der Waals surface area (Å²) in [6, 6.07) is 12.8. The zero-order chi connectivity index (χ0) is 21.3. The van der Waals surface area contributed by atoms with Crippen LogP contribution < -0.4 is 10.2 Å². The molecule has 0 radical (unpaired) electrons. The second-order valence-electron chi connectivity index (χ2n) is 7.29. The summed E-state index contributed by atoms with van der Waals surface area (Å²) in [5, 5.41) is 2.75. The van der Waals surface area contributed by atoms with Gasteiger partial charge in [0.15, 0.2) is 0 Å². The summed E-state index contributed by atoms with van der Waals surface area (Å²) in [4.78, 5) is 14.8. The maximum atomic E-state index is 14.6. The average molecular weight is 411 g/mol. The molecular formula is C23H23F2N3O2. The quantitative estimate of drug-likeness (QED) is 0.690. The summed E-state index contributed by atoms with van der Waals surface area (Å²) in [7, 11) is 0. The summed E-state index contributed by atoms with van der Waals surface area (Å²) in [6.07, 6.45) is 0. The van der Waals surface area contributed by atoms with Gasteiger partial charge < -0.3 is 19.5 Å². The van der Waals surface area contributed by atoms with Gasteiger partial charge in [0.05, 0.1) is 30.2 Å². The smallest absolute Gasteiger partial charge is 0.257 e. The monoisotopic (exact) mass is 411 g/mol. The normalized spacial score (nSPS) is 14.1. The Bertz CT molecular complexity index is 1090. The molecule has 5 nitrogen and oxygen atoms in total. The molecule has 0 bridgehead atoms. The van der Waals surface area contributed by atoms with Gasteiger partial charge in [-0.2, -0.15) is 0 Å². The SMILES string of the molecule is Cc1cc(C(=O)Nc2ccc(N3CCOCC3)c(F)c2)c(C)n1-c1ccccc1F. The number of morpholine rings is 1. The van der Waals surface area contributed by atoms with E-state index in [0.29, 0.717) is 54.6 Å². The van der Waals surface area contributed by atoms with Gasteiger partial charge in [-0.15, -0.1) is 0 Å². The van der Waals surface area contributed by atoms with Crippen molar-refractivity contribution in [1.82, 2.24) is 4.57 Å². The fraction of sp³-hybridized carbons (Fsp3) is 0.261. The molecule has 0 saturated carbocycles. The molecule has 1 saturated heterocycles. The van der Waals surface area contributed by atoms with E-state index in [-0.39, 0.29) is 11.7 Å². The first kappa shape index (κ1) is 20.1. The van der Waals surface area contributed by atoms with Gasteiger partial charge in [-0.05, 0) is 50.2 Å². The Hall–Kier alpha value is -3.19. The number of carbonyl (C=O) groups excluding carboxylic acids is 1. The minimum atomic E-state index is -0.397. The van der Waals surface area contributed by atoms with E-state index in [1.807, 2.05) is 11.8 Å². The third-order valence-electron chi connectivity index (χ3n) is 5.33. The number of nitrogens with zero attached hydrogens (tertiary/aromatic N) is 2. The summed E-state index contributed by atoms with van der Waals surface area (Å²) >= 11 is 0. The van der Waals surface area contributed by atoms with Crippen LogP contribution in [0.2, 0.25) is 0 Å². The topological polar surface area (TPSA) is 46.5 Å². The van der Waals surface area contributed by atoms with E-state index in [0.717, 1.165) is 5.69 Å². The van der Waals surface area contributed by atoms with Crippen molar-refractivity contribution < 1.29 is 18.3 Å². The lowest BCUT2D eigenvalue weighted by Crippen LogP contribution is -2.36. The van der Waals surface area contributed by atoms with Gasteiger partial charge in [0, 0.05) is 30.2 Å². The fourth-order valence-electron chi connectivity index (χ4n) is 3.84. The van der Waals surface area contributed by atoms with Gasteiger partial charge in [0.25, 0.3) is 5.91 Å². The molecule has 1 aliphatic heterocycles. The number of hydrogen-bond donors (Lipinski definition) is 1. The van der Waals surface area contributed by atoms with Crippen LogP contribution in [0.3, 0.4) is 0 Å². The highest BCUT2D eigenvalue weighted by Gasteiger charge is 2.20. The summed E-state index contributed by atoms with van der Waals surface area (Å²) in [5.41, 5.74) is 3.00. The second kappa shape index (κ2) is 8.28. The van der Waals surface area contributed by atoms with E-state index < -0.39 is 5.82 Å². The van der Waals surface area contributed by atoms with Crippen LogP contribution in [0, 0.1) is 25.5 Å². The van der Waals surface area contributed by atoms with Crippen LogP contribution in [0.4, 0.5) is 20.2 Å². The number of aryl methyl sites for hydroxylation is 1. The number of ether oxygens (including phenoxy) is 1. The largest absolute Gasteiger partial charge is 0.378 e. The van der Waals surface area contributed by atoms with Crippen molar-refractivity contribution in [2.24, 2.45) is 0 Å². The number of aromatic nitrogens is 1. The molecular weight excluding hydrogens is 388 g/mol. The van der Waals surface area contributed by atoms with E-state index in [2.05, 4.69) is 5.32 Å². The molecule has 0 aliphatic carbocycles. The number of benzene rings is 2. The molecule has 156 valence electrons. The Labute approximate surface area is 173 Å². The number of anilines is 2. The maximum absolute atomic E-state index is 14.6. The zero-order valence-electron chi connectivity index (χ0n) is 16.9. The maximum Gasteiger partial charge on any atom is 0.257 e. The van der Waals surface area contributed by atoms with Crippen LogP contribution in [-0.4, -0.2) is 36.8 Å². The van der Waals surface area contributed by atoms with Gasteiger partial charge in [-0.25, -0.2) is 8.78 Å². The Kier molecular flexibility index (Phi) is 5.55. The lowest BCUT2D eigenvalue weighted by Gasteiger charge is -2.29. The molecule has 7 heteroatoms. The Balaban J connectivity index is 1.57. The van der Waals surface area contributed by atoms with Crippen LogP contribution in [0.5, 0.6) is 0 Å². The van der Waals surface area contributed by atoms with E-state index in [1.165, 1.54) is 12.1 Å². The molecule has 1 amide bonds. The van der Waals surface area contributed by atoms with Crippen molar-refractivity contribution in [3.63, 3.8) is 0 Å². The average Bonchev–Trinajstić information content (AvgIpc) is 3.03. The number of nitrogens with one attached hydrogen (secondary N) is 1. The van der Waals surface area contributed by atoms with Crippen molar-refractivity contribution in [1.29, 1.82) is 0 Å². The van der Waals surface area contributed by atoms with E-state index in [9.17, 15) is 13.6 Å². The first-order chi connectivity index (χ1) is 14.5. The zero-order valence-corrected chi connectivity index (χ0v) is 16.9. The highest BCUT2D eigenvalue weighted by atomic mass is 19.1. The summed E-state index contributed by atoms with van der Waals surface area (Å²) in [6.45, 7) is 5.96. The Morgan fingerprint density at radius 2 is 1.70 bits per heavy atom. The molecule has 1 aromatic heterocycles. The number of rotatable bonds is 4. The Morgan fingerprint density at radius 1 is 0.967 bits per heavy atom. The summed E-state index contributed by atoms with van der Waals surface area (Å²) in [5.74, 6) is -1.14. The van der Waals surface area contributed by atoms with Crippen molar-refractivity contribution in [2.45, 2.75) is 13.8 Å². The molecule has 3 aromatic rings. The van der Waals surface area contributed by atoms with Gasteiger partial charge in [-0.1, -0.05) is 12.1 Å². The van der Waals surface area contributed by atoms with Crippen molar-refractivity contribution in [2.75, 3.05) is 36.5 Å². The predicted molar refractivity (Wildman–Crippen MR) is 113 cm³/mol. The molecule has 30 heavy (non-hydrogen) atoms. The number of halogens is 2. The van der Waals surface area contributed by atoms with Gasteiger partial charge in [0.2, 0.25) is 0 Å². The highest BCUT2D eigenvalue weighted by Crippen LogP contribution is 2.26. The third kappa shape index (κ3) is 3.80. The lowest BCUT2D eigenvalue weighted by atomic mass is 10.2. The highest BCUT2D eigenvalue weighted by molar-refractivity contribution is 6.05. The van der Waals surface area contributed by atoms with Crippen molar-refractivity contribution in [3.05, 3.63) is 77.1 Å². The molecule has 2 aromatic carbocycles. The molecule has 0 atom stereocenters. The number of amides is 1. The lowest BCUT2D eigenvalue weighted by molar-refractivity contribution is 0.102. The summed E-state index contributed by atoms with van der Waals surface area (Å²) < 4.78 is 35.9. The van der Waals surface area contributed by atoms with E-state index in [1.54, 1.807) is 47.9 Å². The Morgan fingerprint density at radius 3 is 2.40 bits per heavy atom. The second-order valence-corrected chi connectivity index (χ2v) is 7.29. The number of para-hydroxylation sites is 1. The van der Waals surface area contributed by atoms with Gasteiger partial charge >= 0.3 is 0 Å². The predicted octanol–water partition coefficient (Wildman–Crippen LogP) is 4.46. The third-order valence-corrected chi connectivity index (χ3v) is 5.33. The van der Waals surface area contributed by atoms with Gasteiger partial charge in [0.1, 0.15) is 11.6 Å². The minimum absolute atomic E-state index is 0.366. The van der Waals surface area contributed by atoms with Crippen LogP contribution in [0.1, 0.15) is 21.7 Å². The molecule has 0 spiro atoms. The minimum Gasteiger partial charge on any atom is -0.378 e. The molecule has 1 aliphatic rings. The molecule has 1 N–H and O–H groups in total. The van der Waals surface area contributed by atoms with Crippen LogP contribution in [0.15, 0.2) is 48.5 Å². The standard InChI is InChI=1S/C23H23F2N3O2/c1-15-13-18(16(2)28(15)22-6-4-3-5-19(22)24)23(29)26-17-7-8-21(20(25)14-17)27-9-11-30-12-10-27/h3-8,13-14H,9-12H2,1-2H3,(H,26,29). The van der Waals surface area contributed by atoms with Crippen molar-refractivity contribution >= 4 is 17.3 Å². The van der Waals surface area contributed by atoms with Crippen LogP contribution in [-0.2, 0) is 4.74 Å². The molecule has 0 unspecified atom stereocenters. The fourth-order valence-corrected chi connectivity index (χ4v) is 3.84. The first-order valence-electron chi connectivity index (χ1n) is 9.83. The van der Waals surface area contributed by atoms with E-state index >= 15 is 0 Å². The van der Waals surface area contributed by atoms with E-state index in [4.69, 9.17) is 4.74 Å². The first-order valence-corrected chi connectivity index (χ1v) is 9.83. The number of carbonyl (C=O) groups is 1. The number of hydrogen-bond acceptors (Lipinski definition) is 3. The van der Waals surface area contributed by atoms with Crippen molar-refractivity contribution in [3.8, 4) is 5.69 Å². The van der Waals surface area contributed by atoms with Gasteiger partial charge in [-0.3, -0.25) is 4.79 Å². The van der Waals surface area contributed by atoms with Crippen LogP contribution >= 0.6 is 0 Å².